The molecule has 4 heterocycles. The first-order chi connectivity index (χ1) is 21.1. The molecule has 0 bridgehead atoms. The van der Waals surface area contributed by atoms with Gasteiger partial charge in [-0.05, 0) is 37.1 Å². The smallest absolute Gasteiger partial charge is 0.464 e. The highest BCUT2D eigenvalue weighted by atomic mass is 31.2. The Hall–Kier alpha value is -4.22. The summed E-state index contributed by atoms with van der Waals surface area (Å²) >= 11 is 0. The minimum absolute atomic E-state index is 0.158. The Labute approximate surface area is 253 Å². The van der Waals surface area contributed by atoms with E-state index < -0.39 is 56.4 Å². The summed E-state index contributed by atoms with van der Waals surface area (Å²) in [5, 5.41) is 17.2. The number of esters is 1. The number of anilines is 1. The summed E-state index contributed by atoms with van der Waals surface area (Å²) in [5.41, 5.74) is 4.67. The number of para-hydroxylation sites is 1. The maximum atomic E-state index is 14.1. The molecule has 234 valence electrons. The molecule has 2 fully saturated rings. The zero-order valence-electron chi connectivity index (χ0n) is 24.3. The van der Waals surface area contributed by atoms with Gasteiger partial charge in [0.1, 0.15) is 35.8 Å². The summed E-state index contributed by atoms with van der Waals surface area (Å²) in [7, 11) is -4.31. The predicted octanol–water partition coefficient (Wildman–Crippen LogP) is 3.49. The highest BCUT2D eigenvalue weighted by Crippen LogP contribution is 2.49. The number of hydrogen-bond acceptors (Lipinski definition) is 13. The number of nitrogens with two attached hydrogens (primary N) is 1. The summed E-state index contributed by atoms with van der Waals surface area (Å²) in [6, 6.07) is 12.4. The average Bonchev–Trinajstić information content (AvgIpc) is 3.70. The van der Waals surface area contributed by atoms with E-state index in [9.17, 15) is 19.4 Å². The van der Waals surface area contributed by atoms with E-state index in [0.29, 0.717) is 5.52 Å². The number of nitriles is 1. The van der Waals surface area contributed by atoms with Gasteiger partial charge in [-0.1, -0.05) is 44.9 Å². The van der Waals surface area contributed by atoms with Crippen molar-refractivity contribution in [3.05, 3.63) is 54.5 Å². The molecular weight excluding hydrogens is 595 g/mol. The Bertz CT molecular complexity index is 1590. The lowest BCUT2D eigenvalue weighted by molar-refractivity contribution is -0.146. The Balaban J connectivity index is 1.38. The van der Waals surface area contributed by atoms with Crippen molar-refractivity contribution in [2.24, 2.45) is 5.92 Å². The molecule has 16 heteroatoms. The summed E-state index contributed by atoms with van der Waals surface area (Å²) < 4.78 is 49.3. The third kappa shape index (κ3) is 6.07. The van der Waals surface area contributed by atoms with Gasteiger partial charge in [-0.15, -0.1) is 0 Å². The monoisotopic (exact) mass is 628 g/mol. The normalized spacial score (nSPS) is 24.6. The molecule has 2 aromatic heterocycles. The van der Waals surface area contributed by atoms with Crippen LogP contribution in [0.1, 0.15) is 39.3 Å². The van der Waals surface area contributed by atoms with Crippen LogP contribution in [0.15, 0.2) is 48.8 Å². The minimum atomic E-state index is -4.31. The number of fused-ring (bicyclic) bond motifs is 2. The Kier molecular flexibility index (Phi) is 9.07. The topological polar surface area (TPSA) is 199 Å². The quantitative estimate of drug-likeness (QED) is 0.206. The molecular formula is C28H33N6O9P. The van der Waals surface area contributed by atoms with Gasteiger partial charge in [0.15, 0.2) is 18.0 Å². The number of carbonyl (C=O) groups is 2. The van der Waals surface area contributed by atoms with E-state index in [0.717, 1.165) is 12.8 Å². The molecule has 0 spiro atoms. The molecule has 5 rings (SSSR count). The number of nitrogens with one attached hydrogen (secondary N) is 1. The molecule has 3 N–H and O–H groups in total. The fraction of sp³-hybridized carbons (Fsp3) is 0.464. The van der Waals surface area contributed by atoms with Crippen LogP contribution in [0.2, 0.25) is 0 Å². The second-order valence-electron chi connectivity index (χ2n) is 10.4. The molecule has 0 unspecified atom stereocenters. The van der Waals surface area contributed by atoms with E-state index in [2.05, 4.69) is 21.2 Å². The molecule has 1 aromatic carbocycles. The number of ether oxygens (including phenoxy) is 4. The maximum Gasteiger partial charge on any atom is 0.509 e. The molecule has 15 nitrogen and oxygen atoms in total. The van der Waals surface area contributed by atoms with Crippen molar-refractivity contribution in [1.82, 2.24) is 19.7 Å². The van der Waals surface area contributed by atoms with Crippen molar-refractivity contribution in [1.29, 1.82) is 5.26 Å². The third-order valence-corrected chi connectivity index (χ3v) is 9.23. The lowest BCUT2D eigenvalue weighted by atomic mass is 9.92. The first kappa shape index (κ1) is 31.2. The summed E-state index contributed by atoms with van der Waals surface area (Å²) in [5.74, 6) is -0.0895. The van der Waals surface area contributed by atoms with Crippen LogP contribution in [-0.4, -0.2) is 64.3 Å². The zero-order valence-corrected chi connectivity index (χ0v) is 25.2. The second kappa shape index (κ2) is 12.8. The molecule has 2 aliphatic heterocycles. The maximum absolute atomic E-state index is 14.1. The molecule has 0 aliphatic carbocycles. The van der Waals surface area contributed by atoms with E-state index in [1.54, 1.807) is 42.5 Å². The number of hydrogen-bond donors (Lipinski definition) is 2. The van der Waals surface area contributed by atoms with Gasteiger partial charge in [-0.3, -0.25) is 9.32 Å². The van der Waals surface area contributed by atoms with E-state index in [1.165, 1.54) is 17.8 Å². The minimum Gasteiger partial charge on any atom is -0.464 e. The van der Waals surface area contributed by atoms with Gasteiger partial charge in [0, 0.05) is 0 Å². The van der Waals surface area contributed by atoms with Crippen LogP contribution in [0.5, 0.6) is 5.75 Å². The van der Waals surface area contributed by atoms with Crippen LogP contribution < -0.4 is 15.3 Å². The summed E-state index contributed by atoms with van der Waals surface area (Å²) in [4.78, 5) is 29.0. The number of rotatable bonds is 13. The molecule has 0 amide bonds. The van der Waals surface area contributed by atoms with E-state index in [1.807, 2.05) is 13.8 Å². The number of nitrogens with zero attached hydrogens (tertiary/aromatic N) is 4. The Morgan fingerprint density at radius 2 is 1.98 bits per heavy atom. The lowest BCUT2D eigenvalue weighted by Crippen LogP contribution is -2.39. The number of carbonyl (C=O) groups excluding carboxylic acids is 2. The van der Waals surface area contributed by atoms with Crippen LogP contribution in [-0.2, 0) is 38.4 Å². The molecule has 0 saturated carbocycles. The second-order valence-corrected chi connectivity index (χ2v) is 12.1. The van der Waals surface area contributed by atoms with Crippen molar-refractivity contribution in [2.45, 2.75) is 63.6 Å². The van der Waals surface area contributed by atoms with Gasteiger partial charge >= 0.3 is 19.9 Å². The van der Waals surface area contributed by atoms with Gasteiger partial charge in [0.25, 0.3) is 0 Å². The molecule has 44 heavy (non-hydrogen) atoms. The van der Waals surface area contributed by atoms with E-state index in [-0.39, 0.29) is 29.8 Å². The van der Waals surface area contributed by atoms with Crippen LogP contribution >= 0.6 is 7.75 Å². The Morgan fingerprint density at radius 3 is 2.68 bits per heavy atom. The van der Waals surface area contributed by atoms with Gasteiger partial charge in [0.05, 0.1) is 18.9 Å². The molecule has 0 radical (unpaired) electrons. The van der Waals surface area contributed by atoms with Crippen molar-refractivity contribution in [2.75, 3.05) is 18.9 Å². The number of nitrogen functional groups attached to an aromatic ring is 1. The molecule has 6 atom stereocenters. The predicted molar refractivity (Wildman–Crippen MR) is 153 cm³/mol. The number of benzene rings is 1. The van der Waals surface area contributed by atoms with Crippen molar-refractivity contribution in [3.63, 3.8) is 0 Å². The van der Waals surface area contributed by atoms with Gasteiger partial charge in [-0.25, -0.2) is 18.9 Å². The van der Waals surface area contributed by atoms with Crippen LogP contribution in [0.3, 0.4) is 0 Å². The molecule has 2 aliphatic rings. The lowest BCUT2D eigenvalue weighted by Gasteiger charge is -2.26. The van der Waals surface area contributed by atoms with Crippen molar-refractivity contribution >= 4 is 31.2 Å². The van der Waals surface area contributed by atoms with E-state index >= 15 is 0 Å². The van der Waals surface area contributed by atoms with Gasteiger partial charge in [0.2, 0.25) is 5.60 Å². The SMILES string of the molecule is CCC(CC)COC(=O)[C@H](C)N[P@](=O)(OC[C@H]1O[C@@](C#N)(c2ccc3c(N)ncnn23)[C@@H]2OC(=O)O[C@@H]21)Oc1ccccc1. The summed E-state index contributed by atoms with van der Waals surface area (Å²) in [6.45, 7) is 5.21. The van der Waals surface area contributed by atoms with Crippen LogP contribution in [0.4, 0.5) is 10.6 Å². The Morgan fingerprint density at radius 1 is 1.23 bits per heavy atom. The molecule has 3 aromatic rings. The average molecular weight is 629 g/mol. The number of aromatic nitrogens is 3. The zero-order chi connectivity index (χ0) is 31.5. The highest BCUT2D eigenvalue weighted by Gasteiger charge is 2.65. The summed E-state index contributed by atoms with van der Waals surface area (Å²) in [6.07, 6.45) is -1.64. The molecule has 2 saturated heterocycles. The van der Waals surface area contributed by atoms with Crippen LogP contribution in [0.25, 0.3) is 5.52 Å². The van der Waals surface area contributed by atoms with Crippen molar-refractivity contribution in [3.8, 4) is 11.8 Å². The third-order valence-electron chi connectivity index (χ3n) is 7.59. The fourth-order valence-electron chi connectivity index (χ4n) is 5.07. The standard InChI is InChI=1S/C28H33N6O9P/c1-4-18(5-2)13-38-26(35)17(3)33-44(37,43-19-9-7-6-8-10-19)39-14-21-23-24(41-27(36)40-23)28(15-29,42-21)22-12-11-20-25(30)31-16-32-34(20)22/h6-12,16-18,21,23-24H,4-5,13-14H2,1-3H3,(H,33,37)(H2,30,31,32)/t17-,21+,23+,24+,28-,44-/m0/s1. The van der Waals surface area contributed by atoms with Gasteiger partial charge < -0.3 is 29.2 Å². The first-order valence-corrected chi connectivity index (χ1v) is 15.7. The van der Waals surface area contributed by atoms with E-state index in [4.69, 9.17) is 33.7 Å². The van der Waals surface area contributed by atoms with Crippen molar-refractivity contribution < 1.29 is 42.1 Å². The van der Waals surface area contributed by atoms with Crippen LogP contribution in [0, 0.1) is 17.2 Å². The largest absolute Gasteiger partial charge is 0.509 e. The van der Waals surface area contributed by atoms with Gasteiger partial charge in [-0.2, -0.15) is 15.4 Å². The first-order valence-electron chi connectivity index (χ1n) is 14.1. The highest BCUT2D eigenvalue weighted by molar-refractivity contribution is 7.52. The fourth-order valence-corrected chi connectivity index (χ4v) is 6.57.